The summed E-state index contributed by atoms with van der Waals surface area (Å²) in [7, 11) is 0. The summed E-state index contributed by atoms with van der Waals surface area (Å²) in [4.78, 5) is 10.2. The molecule has 0 aromatic carbocycles. The van der Waals surface area contributed by atoms with Crippen molar-refractivity contribution in [2.75, 3.05) is 13.2 Å². The van der Waals surface area contributed by atoms with Gasteiger partial charge in [0.15, 0.2) is 0 Å². The number of aliphatic hydroxyl groups is 1. The van der Waals surface area contributed by atoms with Gasteiger partial charge in [-0.25, -0.2) is 0 Å². The van der Waals surface area contributed by atoms with Crippen molar-refractivity contribution in [3.63, 3.8) is 0 Å². The quantitative estimate of drug-likeness (QED) is 0.493. The number of aliphatic carboxylic acids is 1. The molecule has 0 aromatic heterocycles. The molecule has 0 aliphatic rings. The summed E-state index contributed by atoms with van der Waals surface area (Å²) in [5.41, 5.74) is 5.17. The maximum Gasteiger partial charge on any atom is 0.320 e. The van der Waals surface area contributed by atoms with Crippen LogP contribution >= 0.6 is 0 Å². The summed E-state index contributed by atoms with van der Waals surface area (Å²) < 4.78 is 4.88. The van der Waals surface area contributed by atoms with Crippen LogP contribution in [0.2, 0.25) is 0 Å². The van der Waals surface area contributed by atoms with E-state index in [1.54, 1.807) is 6.92 Å². The van der Waals surface area contributed by atoms with E-state index in [0.717, 1.165) is 0 Å². The summed E-state index contributed by atoms with van der Waals surface area (Å²) in [6, 6.07) is -1.01. The molecule has 12 heavy (non-hydrogen) atoms. The zero-order valence-corrected chi connectivity index (χ0v) is 7.06. The van der Waals surface area contributed by atoms with Gasteiger partial charge in [0.1, 0.15) is 6.04 Å². The highest BCUT2D eigenvalue weighted by molar-refractivity contribution is 5.73. The third kappa shape index (κ3) is 5.06. The van der Waals surface area contributed by atoms with Gasteiger partial charge >= 0.3 is 5.97 Å². The standard InChI is InChI=1S/C7H15NO4/c1-2-12-4-5(9)3-6(8)7(10)11/h5-6,9H,2-4,8H2,1H3,(H,10,11). The number of ether oxygens (including phenoxy) is 1. The van der Waals surface area contributed by atoms with Gasteiger partial charge in [-0.2, -0.15) is 0 Å². The maximum atomic E-state index is 10.2. The number of aliphatic hydroxyl groups excluding tert-OH is 1. The van der Waals surface area contributed by atoms with Crippen LogP contribution in [0.1, 0.15) is 13.3 Å². The van der Waals surface area contributed by atoms with E-state index >= 15 is 0 Å². The Morgan fingerprint density at radius 2 is 2.25 bits per heavy atom. The van der Waals surface area contributed by atoms with Crippen molar-refractivity contribution in [1.82, 2.24) is 0 Å². The van der Waals surface area contributed by atoms with Crippen LogP contribution in [0.25, 0.3) is 0 Å². The first-order chi connectivity index (χ1) is 5.57. The molecule has 72 valence electrons. The van der Waals surface area contributed by atoms with Crippen LogP contribution in [0.3, 0.4) is 0 Å². The number of carboxylic acid groups (broad SMARTS) is 1. The minimum Gasteiger partial charge on any atom is -0.480 e. The van der Waals surface area contributed by atoms with Gasteiger partial charge in [0.2, 0.25) is 0 Å². The van der Waals surface area contributed by atoms with E-state index in [4.69, 9.17) is 20.7 Å². The van der Waals surface area contributed by atoms with E-state index < -0.39 is 18.1 Å². The van der Waals surface area contributed by atoms with E-state index in [-0.39, 0.29) is 13.0 Å². The molecule has 2 atom stereocenters. The van der Waals surface area contributed by atoms with Crippen LogP contribution < -0.4 is 5.73 Å². The topological polar surface area (TPSA) is 92.8 Å². The van der Waals surface area contributed by atoms with Crippen LogP contribution in [-0.4, -0.2) is 41.5 Å². The molecule has 0 saturated carbocycles. The highest BCUT2D eigenvalue weighted by Crippen LogP contribution is 1.96. The monoisotopic (exact) mass is 177 g/mol. The molecular weight excluding hydrogens is 162 g/mol. The molecule has 0 aliphatic heterocycles. The summed E-state index contributed by atoms with van der Waals surface area (Å²) in [5.74, 6) is -1.11. The zero-order chi connectivity index (χ0) is 9.56. The molecule has 0 spiro atoms. The molecule has 0 bridgehead atoms. The molecule has 0 fully saturated rings. The Balaban J connectivity index is 3.53. The average molecular weight is 177 g/mol. The lowest BCUT2D eigenvalue weighted by molar-refractivity contribution is -0.139. The van der Waals surface area contributed by atoms with E-state index in [1.165, 1.54) is 0 Å². The third-order valence-electron chi connectivity index (χ3n) is 1.36. The van der Waals surface area contributed by atoms with Crippen LogP contribution in [0.5, 0.6) is 0 Å². The van der Waals surface area contributed by atoms with Crippen molar-refractivity contribution in [3.8, 4) is 0 Å². The zero-order valence-electron chi connectivity index (χ0n) is 7.06. The Bertz CT molecular complexity index is 139. The summed E-state index contributed by atoms with van der Waals surface area (Å²) >= 11 is 0. The minimum absolute atomic E-state index is 0.0231. The van der Waals surface area contributed by atoms with Crippen molar-refractivity contribution in [3.05, 3.63) is 0 Å². The summed E-state index contributed by atoms with van der Waals surface area (Å²) in [6.45, 7) is 2.43. The molecule has 0 saturated heterocycles. The van der Waals surface area contributed by atoms with Crippen LogP contribution in [0.4, 0.5) is 0 Å². The van der Waals surface area contributed by atoms with Crippen LogP contribution in [0.15, 0.2) is 0 Å². The van der Waals surface area contributed by atoms with Crippen LogP contribution in [-0.2, 0) is 9.53 Å². The van der Waals surface area contributed by atoms with Gasteiger partial charge in [-0.1, -0.05) is 0 Å². The van der Waals surface area contributed by atoms with E-state index in [0.29, 0.717) is 6.61 Å². The van der Waals surface area contributed by atoms with Gasteiger partial charge in [-0.15, -0.1) is 0 Å². The highest BCUT2D eigenvalue weighted by Gasteiger charge is 2.16. The van der Waals surface area contributed by atoms with Gasteiger partial charge in [0.25, 0.3) is 0 Å². The largest absolute Gasteiger partial charge is 0.480 e. The molecule has 0 heterocycles. The molecule has 0 aromatic rings. The molecule has 0 aliphatic carbocycles. The Morgan fingerprint density at radius 1 is 1.67 bits per heavy atom. The normalized spacial score (nSPS) is 15.6. The molecule has 5 heteroatoms. The SMILES string of the molecule is CCOCC(O)CC(N)C(=O)O. The van der Waals surface area contributed by atoms with Crippen molar-refractivity contribution in [2.24, 2.45) is 5.73 Å². The highest BCUT2D eigenvalue weighted by atomic mass is 16.5. The van der Waals surface area contributed by atoms with Crippen molar-refractivity contribution in [2.45, 2.75) is 25.5 Å². The second-order valence-corrected chi connectivity index (χ2v) is 2.49. The smallest absolute Gasteiger partial charge is 0.320 e. The number of hydrogen-bond donors (Lipinski definition) is 3. The first-order valence-electron chi connectivity index (χ1n) is 3.82. The number of nitrogens with two attached hydrogens (primary N) is 1. The molecule has 0 rings (SSSR count). The second-order valence-electron chi connectivity index (χ2n) is 2.49. The molecule has 5 nitrogen and oxygen atoms in total. The number of carboxylic acids is 1. The Labute approximate surface area is 71.1 Å². The van der Waals surface area contributed by atoms with Crippen molar-refractivity contribution < 1.29 is 19.7 Å². The van der Waals surface area contributed by atoms with Crippen molar-refractivity contribution in [1.29, 1.82) is 0 Å². The van der Waals surface area contributed by atoms with Gasteiger partial charge in [-0.3, -0.25) is 4.79 Å². The first kappa shape index (κ1) is 11.4. The number of hydrogen-bond acceptors (Lipinski definition) is 4. The molecule has 0 amide bonds. The minimum atomic E-state index is -1.11. The van der Waals surface area contributed by atoms with Gasteiger partial charge in [0.05, 0.1) is 12.7 Å². The molecule has 2 unspecified atom stereocenters. The Hall–Kier alpha value is -0.650. The van der Waals surface area contributed by atoms with E-state index in [1.807, 2.05) is 0 Å². The summed E-state index contributed by atoms with van der Waals surface area (Å²) in [5, 5.41) is 17.5. The Kier molecular flexibility index (Phi) is 5.61. The maximum absolute atomic E-state index is 10.2. The Morgan fingerprint density at radius 3 is 2.67 bits per heavy atom. The lowest BCUT2D eigenvalue weighted by atomic mass is 10.1. The van der Waals surface area contributed by atoms with Crippen LogP contribution in [0, 0.1) is 0 Å². The number of carbonyl (C=O) groups is 1. The average Bonchev–Trinajstić information content (AvgIpc) is 2.00. The van der Waals surface area contributed by atoms with Gasteiger partial charge in [-0.05, 0) is 6.92 Å². The molecular formula is C7H15NO4. The lowest BCUT2D eigenvalue weighted by Crippen LogP contribution is -2.35. The fraction of sp³-hybridized carbons (Fsp3) is 0.857. The van der Waals surface area contributed by atoms with E-state index in [2.05, 4.69) is 0 Å². The predicted molar refractivity (Wildman–Crippen MR) is 42.7 cm³/mol. The predicted octanol–water partition coefficient (Wildman–Crippen LogP) is -0.814. The number of rotatable bonds is 6. The van der Waals surface area contributed by atoms with E-state index in [9.17, 15) is 4.79 Å². The molecule has 4 N–H and O–H groups in total. The lowest BCUT2D eigenvalue weighted by Gasteiger charge is -2.12. The third-order valence-corrected chi connectivity index (χ3v) is 1.36. The fourth-order valence-corrected chi connectivity index (χ4v) is 0.716. The second kappa shape index (κ2) is 5.93. The molecule has 0 radical (unpaired) electrons. The van der Waals surface area contributed by atoms with Crippen molar-refractivity contribution >= 4 is 5.97 Å². The van der Waals surface area contributed by atoms with Gasteiger partial charge < -0.3 is 20.7 Å². The fourth-order valence-electron chi connectivity index (χ4n) is 0.716. The van der Waals surface area contributed by atoms with Gasteiger partial charge in [0, 0.05) is 13.0 Å². The first-order valence-corrected chi connectivity index (χ1v) is 3.82. The summed E-state index contributed by atoms with van der Waals surface area (Å²) in [6.07, 6.45) is -0.772.